The van der Waals surface area contributed by atoms with Crippen LogP contribution >= 0.6 is 0 Å². The van der Waals surface area contributed by atoms with E-state index in [0.717, 1.165) is 23.5 Å². The van der Waals surface area contributed by atoms with E-state index in [9.17, 15) is 0 Å². The number of nitrogens with two attached hydrogens (primary N) is 1. The number of nitrogen functional groups attached to an aromatic ring is 1. The van der Waals surface area contributed by atoms with E-state index >= 15 is 0 Å². The number of anilines is 1. The first-order valence-electron chi connectivity index (χ1n) is 4.33. The molecule has 0 fully saturated rings. The van der Waals surface area contributed by atoms with Crippen molar-refractivity contribution in [3.8, 4) is 0 Å². The van der Waals surface area contributed by atoms with Gasteiger partial charge in [-0.1, -0.05) is 24.3 Å². The quantitative estimate of drug-likeness (QED) is 0.633. The van der Waals surface area contributed by atoms with Crippen LogP contribution in [0.1, 0.15) is 5.56 Å². The maximum atomic E-state index is 5.69. The Morgan fingerprint density at radius 2 is 2.23 bits per heavy atom. The van der Waals surface area contributed by atoms with Crippen molar-refractivity contribution in [3.63, 3.8) is 0 Å². The van der Waals surface area contributed by atoms with Gasteiger partial charge in [0.1, 0.15) is 0 Å². The SMILES string of the molecule is Nc1cccc(C2=CC=CCN2)c1. The number of hydrogen-bond donors (Lipinski definition) is 2. The van der Waals surface area contributed by atoms with Gasteiger partial charge in [0, 0.05) is 17.9 Å². The molecule has 66 valence electrons. The fourth-order valence-corrected chi connectivity index (χ4v) is 1.36. The molecular formula is C11H12N2. The minimum absolute atomic E-state index is 0.801. The number of allylic oxidation sites excluding steroid dienone is 2. The van der Waals surface area contributed by atoms with Crippen LogP contribution in [0.15, 0.2) is 42.5 Å². The second-order valence-corrected chi connectivity index (χ2v) is 3.01. The molecule has 0 amide bonds. The number of rotatable bonds is 1. The van der Waals surface area contributed by atoms with Gasteiger partial charge in [-0.25, -0.2) is 0 Å². The Morgan fingerprint density at radius 3 is 2.92 bits per heavy atom. The van der Waals surface area contributed by atoms with Crippen LogP contribution in [0.5, 0.6) is 0 Å². The molecule has 0 spiro atoms. The van der Waals surface area contributed by atoms with Crippen molar-refractivity contribution >= 4 is 11.4 Å². The Bertz CT molecular complexity index is 364. The molecule has 0 unspecified atom stereocenters. The van der Waals surface area contributed by atoms with E-state index < -0.39 is 0 Å². The highest BCUT2D eigenvalue weighted by atomic mass is 14.9. The summed E-state index contributed by atoms with van der Waals surface area (Å²) in [7, 11) is 0. The first kappa shape index (κ1) is 7.92. The highest BCUT2D eigenvalue weighted by Gasteiger charge is 2.01. The smallest absolute Gasteiger partial charge is 0.0416 e. The van der Waals surface area contributed by atoms with Crippen LogP contribution in [0.3, 0.4) is 0 Å². The lowest BCUT2D eigenvalue weighted by molar-refractivity contribution is 0.996. The lowest BCUT2D eigenvalue weighted by Crippen LogP contribution is -2.14. The van der Waals surface area contributed by atoms with Crippen LogP contribution in [0.2, 0.25) is 0 Å². The fraction of sp³-hybridized carbons (Fsp3) is 0.0909. The molecule has 1 heterocycles. The second kappa shape index (κ2) is 3.35. The number of nitrogens with one attached hydrogen (secondary N) is 1. The van der Waals surface area contributed by atoms with Crippen LogP contribution in [-0.2, 0) is 0 Å². The van der Waals surface area contributed by atoms with Crippen LogP contribution in [-0.4, -0.2) is 6.54 Å². The summed E-state index contributed by atoms with van der Waals surface area (Å²) in [5, 5.41) is 3.28. The Morgan fingerprint density at radius 1 is 1.31 bits per heavy atom. The van der Waals surface area contributed by atoms with Gasteiger partial charge in [0.25, 0.3) is 0 Å². The topological polar surface area (TPSA) is 38.0 Å². The van der Waals surface area contributed by atoms with Gasteiger partial charge in [-0.05, 0) is 23.8 Å². The molecule has 1 aromatic rings. The Kier molecular flexibility index (Phi) is 2.04. The summed E-state index contributed by atoms with van der Waals surface area (Å²) in [6.45, 7) is 0.890. The maximum Gasteiger partial charge on any atom is 0.0416 e. The zero-order valence-electron chi connectivity index (χ0n) is 7.33. The molecule has 0 aliphatic carbocycles. The van der Waals surface area contributed by atoms with Crippen molar-refractivity contribution in [2.45, 2.75) is 0 Å². The zero-order valence-corrected chi connectivity index (χ0v) is 7.33. The molecule has 0 aromatic heterocycles. The Labute approximate surface area is 77.8 Å². The van der Waals surface area contributed by atoms with Gasteiger partial charge in [0.2, 0.25) is 0 Å². The lowest BCUT2D eigenvalue weighted by atomic mass is 10.1. The first-order chi connectivity index (χ1) is 6.36. The minimum Gasteiger partial charge on any atom is -0.399 e. The van der Waals surface area contributed by atoms with E-state index in [1.54, 1.807) is 0 Å². The summed E-state index contributed by atoms with van der Waals surface area (Å²) in [6, 6.07) is 7.88. The van der Waals surface area contributed by atoms with Gasteiger partial charge in [-0.3, -0.25) is 0 Å². The van der Waals surface area contributed by atoms with Crippen LogP contribution in [0.4, 0.5) is 5.69 Å². The number of dihydropyridines is 1. The lowest BCUT2D eigenvalue weighted by Gasteiger charge is -2.12. The summed E-state index contributed by atoms with van der Waals surface area (Å²) in [5.74, 6) is 0. The highest BCUT2D eigenvalue weighted by molar-refractivity contribution is 5.69. The predicted molar refractivity (Wildman–Crippen MR) is 56.0 cm³/mol. The molecule has 2 heteroatoms. The highest BCUT2D eigenvalue weighted by Crippen LogP contribution is 2.15. The third-order valence-electron chi connectivity index (χ3n) is 2.01. The van der Waals surface area contributed by atoms with E-state index in [0.29, 0.717) is 0 Å². The van der Waals surface area contributed by atoms with Gasteiger partial charge in [0.05, 0.1) is 0 Å². The van der Waals surface area contributed by atoms with Crippen molar-refractivity contribution in [2.75, 3.05) is 12.3 Å². The van der Waals surface area contributed by atoms with Crippen molar-refractivity contribution in [2.24, 2.45) is 0 Å². The molecule has 0 bridgehead atoms. The van der Waals surface area contributed by atoms with Crippen LogP contribution in [0.25, 0.3) is 5.70 Å². The molecule has 1 aliphatic heterocycles. The largest absolute Gasteiger partial charge is 0.399 e. The maximum absolute atomic E-state index is 5.69. The van der Waals surface area contributed by atoms with Crippen molar-refractivity contribution in [1.82, 2.24) is 5.32 Å². The predicted octanol–water partition coefficient (Wildman–Crippen LogP) is 1.77. The molecule has 13 heavy (non-hydrogen) atoms. The summed E-state index contributed by atoms with van der Waals surface area (Å²) in [5.41, 5.74) is 8.77. The molecule has 1 aliphatic rings. The molecule has 0 radical (unpaired) electrons. The summed E-state index contributed by atoms with van der Waals surface area (Å²) in [4.78, 5) is 0. The van der Waals surface area contributed by atoms with Crippen LogP contribution in [0, 0.1) is 0 Å². The molecule has 0 saturated carbocycles. The van der Waals surface area contributed by atoms with E-state index in [4.69, 9.17) is 5.73 Å². The molecule has 0 atom stereocenters. The molecule has 2 rings (SSSR count). The standard InChI is InChI=1S/C11H12N2/c12-10-5-3-4-9(8-10)11-6-1-2-7-13-11/h1-6,8,13H,7,12H2. The van der Waals surface area contributed by atoms with E-state index in [1.165, 1.54) is 0 Å². The first-order valence-corrected chi connectivity index (χ1v) is 4.33. The normalized spacial score (nSPS) is 14.9. The summed E-state index contributed by atoms with van der Waals surface area (Å²) < 4.78 is 0. The van der Waals surface area contributed by atoms with Gasteiger partial charge in [-0.2, -0.15) is 0 Å². The van der Waals surface area contributed by atoms with E-state index in [-0.39, 0.29) is 0 Å². The Balaban J connectivity index is 2.34. The van der Waals surface area contributed by atoms with Crippen LogP contribution < -0.4 is 11.1 Å². The molecular weight excluding hydrogens is 160 g/mol. The van der Waals surface area contributed by atoms with Gasteiger partial charge >= 0.3 is 0 Å². The minimum atomic E-state index is 0.801. The monoisotopic (exact) mass is 172 g/mol. The summed E-state index contributed by atoms with van der Waals surface area (Å²) in [6.07, 6.45) is 6.18. The molecule has 0 saturated heterocycles. The third-order valence-corrected chi connectivity index (χ3v) is 2.01. The average Bonchev–Trinajstić information content (AvgIpc) is 2.19. The van der Waals surface area contributed by atoms with Gasteiger partial charge < -0.3 is 11.1 Å². The zero-order chi connectivity index (χ0) is 9.10. The van der Waals surface area contributed by atoms with E-state index in [2.05, 4.69) is 23.5 Å². The van der Waals surface area contributed by atoms with Crippen molar-refractivity contribution < 1.29 is 0 Å². The van der Waals surface area contributed by atoms with Gasteiger partial charge in [0.15, 0.2) is 0 Å². The van der Waals surface area contributed by atoms with Crippen molar-refractivity contribution in [1.29, 1.82) is 0 Å². The molecule has 1 aromatic carbocycles. The molecule has 3 N–H and O–H groups in total. The fourth-order valence-electron chi connectivity index (χ4n) is 1.36. The average molecular weight is 172 g/mol. The molecule has 2 nitrogen and oxygen atoms in total. The van der Waals surface area contributed by atoms with Gasteiger partial charge in [-0.15, -0.1) is 0 Å². The number of hydrogen-bond acceptors (Lipinski definition) is 2. The third kappa shape index (κ3) is 1.72. The Hall–Kier alpha value is -1.70. The van der Waals surface area contributed by atoms with E-state index in [1.807, 2.05) is 24.3 Å². The van der Waals surface area contributed by atoms with Crippen molar-refractivity contribution in [3.05, 3.63) is 48.1 Å². The number of benzene rings is 1. The summed E-state index contributed by atoms with van der Waals surface area (Å²) >= 11 is 0. The second-order valence-electron chi connectivity index (χ2n) is 3.01.